The summed E-state index contributed by atoms with van der Waals surface area (Å²) in [5, 5.41) is 13.2. The largest absolute Gasteiger partial charge is 0.480 e. The summed E-state index contributed by atoms with van der Waals surface area (Å²) in [6.07, 6.45) is 5.47. The maximum absolute atomic E-state index is 11.0. The van der Waals surface area contributed by atoms with Crippen LogP contribution in [0.15, 0.2) is 12.4 Å². The normalized spacial score (nSPS) is 30.7. The Kier molecular flexibility index (Phi) is 2.26. The van der Waals surface area contributed by atoms with Crippen LogP contribution >= 0.6 is 0 Å². The summed E-state index contributed by atoms with van der Waals surface area (Å²) < 4.78 is 1.83. The number of carboxylic acid groups (broad SMARTS) is 1. The SMILES string of the molecule is Cc1cnn(C2CCC(N)(C(=O)O)C2)c1. The molecule has 1 fully saturated rings. The fourth-order valence-electron chi connectivity index (χ4n) is 2.10. The van der Waals surface area contributed by atoms with Crippen molar-refractivity contribution in [1.82, 2.24) is 9.78 Å². The predicted octanol–water partition coefficient (Wildman–Crippen LogP) is 0.699. The number of nitrogens with two attached hydrogens (primary N) is 1. The van der Waals surface area contributed by atoms with Crippen molar-refractivity contribution < 1.29 is 9.90 Å². The zero-order valence-electron chi connectivity index (χ0n) is 8.68. The molecule has 2 unspecified atom stereocenters. The molecule has 5 heteroatoms. The predicted molar refractivity (Wildman–Crippen MR) is 54.4 cm³/mol. The Morgan fingerprint density at radius 1 is 1.80 bits per heavy atom. The van der Waals surface area contributed by atoms with Crippen molar-refractivity contribution in [1.29, 1.82) is 0 Å². The van der Waals surface area contributed by atoms with Gasteiger partial charge >= 0.3 is 5.97 Å². The lowest BCUT2D eigenvalue weighted by atomic mass is 9.99. The lowest BCUT2D eigenvalue weighted by Gasteiger charge is -2.18. The standard InChI is InChI=1S/C10H15N3O2/c1-7-5-12-13(6-7)8-2-3-10(11,4-8)9(14)15/h5-6,8H,2-4,11H2,1H3,(H,14,15). The van der Waals surface area contributed by atoms with E-state index in [1.807, 2.05) is 17.8 Å². The monoisotopic (exact) mass is 209 g/mol. The minimum Gasteiger partial charge on any atom is -0.480 e. The zero-order chi connectivity index (χ0) is 11.1. The Balaban J connectivity index is 2.14. The quantitative estimate of drug-likeness (QED) is 0.751. The highest BCUT2D eigenvalue weighted by atomic mass is 16.4. The van der Waals surface area contributed by atoms with Crippen molar-refractivity contribution in [3.05, 3.63) is 18.0 Å². The summed E-state index contributed by atoms with van der Waals surface area (Å²) >= 11 is 0. The summed E-state index contributed by atoms with van der Waals surface area (Å²) in [4.78, 5) is 11.0. The van der Waals surface area contributed by atoms with Crippen LogP contribution in [0, 0.1) is 6.92 Å². The molecule has 2 atom stereocenters. The van der Waals surface area contributed by atoms with E-state index in [2.05, 4.69) is 5.10 Å². The van der Waals surface area contributed by atoms with Crippen molar-refractivity contribution in [3.63, 3.8) is 0 Å². The molecule has 0 saturated heterocycles. The third-order valence-corrected chi connectivity index (χ3v) is 3.05. The molecule has 5 nitrogen and oxygen atoms in total. The van der Waals surface area contributed by atoms with Gasteiger partial charge in [0.15, 0.2) is 0 Å². The molecule has 1 aliphatic carbocycles. The van der Waals surface area contributed by atoms with Crippen LogP contribution in [0.3, 0.4) is 0 Å². The van der Waals surface area contributed by atoms with Crippen LogP contribution in [-0.2, 0) is 4.79 Å². The van der Waals surface area contributed by atoms with E-state index in [4.69, 9.17) is 10.8 Å². The fraction of sp³-hybridized carbons (Fsp3) is 0.600. The van der Waals surface area contributed by atoms with Gasteiger partial charge in [0.25, 0.3) is 0 Å². The minimum absolute atomic E-state index is 0.125. The number of rotatable bonds is 2. The van der Waals surface area contributed by atoms with E-state index in [1.165, 1.54) is 0 Å². The maximum Gasteiger partial charge on any atom is 0.323 e. The van der Waals surface area contributed by atoms with Crippen molar-refractivity contribution in [2.75, 3.05) is 0 Å². The van der Waals surface area contributed by atoms with Gasteiger partial charge in [-0.2, -0.15) is 5.10 Å². The van der Waals surface area contributed by atoms with E-state index in [0.29, 0.717) is 12.8 Å². The van der Waals surface area contributed by atoms with E-state index in [9.17, 15) is 4.79 Å². The van der Waals surface area contributed by atoms with Crippen molar-refractivity contribution in [2.24, 2.45) is 5.73 Å². The number of carbonyl (C=O) groups is 1. The van der Waals surface area contributed by atoms with Gasteiger partial charge in [0.2, 0.25) is 0 Å². The second-order valence-electron chi connectivity index (χ2n) is 4.36. The van der Waals surface area contributed by atoms with Gasteiger partial charge in [0.1, 0.15) is 5.54 Å². The highest BCUT2D eigenvalue weighted by Gasteiger charge is 2.42. The van der Waals surface area contributed by atoms with Crippen LogP contribution in [-0.4, -0.2) is 26.4 Å². The second-order valence-corrected chi connectivity index (χ2v) is 4.36. The van der Waals surface area contributed by atoms with E-state index >= 15 is 0 Å². The number of carboxylic acids is 1. The average molecular weight is 209 g/mol. The molecular weight excluding hydrogens is 194 g/mol. The Morgan fingerprint density at radius 2 is 2.53 bits per heavy atom. The Labute approximate surface area is 87.9 Å². The highest BCUT2D eigenvalue weighted by Crippen LogP contribution is 2.35. The number of nitrogens with zero attached hydrogens (tertiary/aromatic N) is 2. The van der Waals surface area contributed by atoms with Crippen LogP contribution in [0.2, 0.25) is 0 Å². The van der Waals surface area contributed by atoms with E-state index < -0.39 is 11.5 Å². The van der Waals surface area contributed by atoms with Gasteiger partial charge in [-0.1, -0.05) is 0 Å². The molecule has 0 aliphatic heterocycles. The molecule has 1 heterocycles. The molecule has 2 rings (SSSR count). The number of aryl methyl sites for hydroxylation is 1. The zero-order valence-corrected chi connectivity index (χ0v) is 8.68. The Morgan fingerprint density at radius 3 is 3.00 bits per heavy atom. The first kappa shape index (κ1) is 10.2. The van der Waals surface area contributed by atoms with Crippen molar-refractivity contribution in [3.8, 4) is 0 Å². The van der Waals surface area contributed by atoms with Crippen LogP contribution in [0.5, 0.6) is 0 Å². The molecular formula is C10H15N3O2. The second kappa shape index (κ2) is 3.34. The summed E-state index contributed by atoms with van der Waals surface area (Å²) in [5.41, 5.74) is 5.81. The third kappa shape index (κ3) is 1.74. The maximum atomic E-state index is 11.0. The average Bonchev–Trinajstić information content (AvgIpc) is 2.73. The summed E-state index contributed by atoms with van der Waals surface area (Å²) in [6, 6.07) is 0.125. The van der Waals surface area contributed by atoms with Gasteiger partial charge in [-0.3, -0.25) is 9.48 Å². The molecule has 0 aromatic carbocycles. The topological polar surface area (TPSA) is 81.1 Å². The molecule has 1 aromatic rings. The Bertz CT molecular complexity index is 388. The van der Waals surface area contributed by atoms with Gasteiger partial charge in [0.05, 0.1) is 12.2 Å². The van der Waals surface area contributed by atoms with E-state index in [0.717, 1.165) is 12.0 Å². The Hall–Kier alpha value is -1.36. The first-order valence-corrected chi connectivity index (χ1v) is 5.04. The first-order valence-electron chi connectivity index (χ1n) is 5.04. The summed E-state index contributed by atoms with van der Waals surface area (Å²) in [6.45, 7) is 1.96. The van der Waals surface area contributed by atoms with Gasteiger partial charge in [-0.05, 0) is 31.7 Å². The molecule has 15 heavy (non-hydrogen) atoms. The molecule has 0 bridgehead atoms. The van der Waals surface area contributed by atoms with Crippen LogP contribution in [0.25, 0.3) is 0 Å². The van der Waals surface area contributed by atoms with Gasteiger partial charge in [0, 0.05) is 6.20 Å². The first-order chi connectivity index (χ1) is 7.01. The van der Waals surface area contributed by atoms with Gasteiger partial charge < -0.3 is 10.8 Å². The lowest BCUT2D eigenvalue weighted by Crippen LogP contribution is -2.45. The van der Waals surface area contributed by atoms with Crippen LogP contribution < -0.4 is 5.73 Å². The molecule has 3 N–H and O–H groups in total. The number of hydrogen-bond acceptors (Lipinski definition) is 3. The summed E-state index contributed by atoms with van der Waals surface area (Å²) in [5.74, 6) is -0.908. The number of hydrogen-bond donors (Lipinski definition) is 2. The van der Waals surface area contributed by atoms with Crippen molar-refractivity contribution in [2.45, 2.75) is 37.8 Å². The highest BCUT2D eigenvalue weighted by molar-refractivity contribution is 5.78. The van der Waals surface area contributed by atoms with Gasteiger partial charge in [-0.25, -0.2) is 0 Å². The fourth-order valence-corrected chi connectivity index (χ4v) is 2.10. The van der Waals surface area contributed by atoms with Gasteiger partial charge in [-0.15, -0.1) is 0 Å². The third-order valence-electron chi connectivity index (χ3n) is 3.05. The molecule has 0 amide bonds. The number of aliphatic carboxylic acids is 1. The molecule has 82 valence electrons. The molecule has 1 saturated carbocycles. The van der Waals surface area contributed by atoms with Crippen molar-refractivity contribution >= 4 is 5.97 Å². The molecule has 0 spiro atoms. The minimum atomic E-state index is -1.06. The lowest BCUT2D eigenvalue weighted by molar-refractivity contribution is -0.143. The molecule has 1 aliphatic rings. The summed E-state index contributed by atoms with van der Waals surface area (Å²) in [7, 11) is 0. The van der Waals surface area contributed by atoms with Crippen LogP contribution in [0.1, 0.15) is 30.9 Å². The molecule has 1 aromatic heterocycles. The molecule has 0 radical (unpaired) electrons. The van der Waals surface area contributed by atoms with E-state index in [1.54, 1.807) is 6.20 Å². The smallest absolute Gasteiger partial charge is 0.323 e. The van der Waals surface area contributed by atoms with Crippen LogP contribution in [0.4, 0.5) is 0 Å². The number of aromatic nitrogens is 2. The van der Waals surface area contributed by atoms with E-state index in [-0.39, 0.29) is 6.04 Å².